The molecule has 90 valence electrons. The maximum atomic E-state index is 10.7. The molecule has 0 saturated heterocycles. The summed E-state index contributed by atoms with van der Waals surface area (Å²) in [6.45, 7) is 4.49. The minimum atomic E-state index is -3.32. The second-order valence-corrected chi connectivity index (χ2v) is 5.82. The van der Waals surface area contributed by atoms with Crippen LogP contribution in [0.25, 0.3) is 0 Å². The van der Waals surface area contributed by atoms with Crippen LogP contribution in [0.2, 0.25) is 0 Å². The maximum Gasteiger partial charge on any atom is 0.264 e. The summed E-state index contributed by atoms with van der Waals surface area (Å²) in [7, 11) is -3.32. The summed E-state index contributed by atoms with van der Waals surface area (Å²) in [5.41, 5.74) is 2.38. The van der Waals surface area contributed by atoms with Crippen LogP contribution in [0.5, 0.6) is 0 Å². The van der Waals surface area contributed by atoms with Crippen molar-refractivity contribution >= 4 is 10.1 Å². The Morgan fingerprint density at radius 2 is 1.75 bits per heavy atom. The highest BCUT2D eigenvalue weighted by atomic mass is 32.2. The third-order valence-electron chi connectivity index (χ3n) is 2.33. The van der Waals surface area contributed by atoms with Crippen LogP contribution in [-0.2, 0) is 20.7 Å². The van der Waals surface area contributed by atoms with Crippen molar-refractivity contribution in [1.82, 2.24) is 0 Å². The molecule has 0 aliphatic heterocycles. The third-order valence-corrected chi connectivity index (χ3v) is 2.93. The quantitative estimate of drug-likeness (QED) is 0.744. The van der Waals surface area contributed by atoms with Gasteiger partial charge in [0.15, 0.2) is 0 Å². The van der Waals surface area contributed by atoms with Gasteiger partial charge in [-0.25, -0.2) is 0 Å². The molecule has 1 rings (SSSR count). The Labute approximate surface area is 97.6 Å². The van der Waals surface area contributed by atoms with Crippen LogP contribution in [-0.4, -0.2) is 21.3 Å². The van der Waals surface area contributed by atoms with E-state index in [0.717, 1.165) is 11.8 Å². The number of rotatable bonds is 5. The van der Waals surface area contributed by atoms with E-state index in [9.17, 15) is 8.42 Å². The molecule has 1 aromatic carbocycles. The van der Waals surface area contributed by atoms with Crippen molar-refractivity contribution in [1.29, 1.82) is 0 Å². The van der Waals surface area contributed by atoms with E-state index in [0.29, 0.717) is 12.3 Å². The first-order valence-electron chi connectivity index (χ1n) is 5.32. The molecule has 0 spiro atoms. The Morgan fingerprint density at radius 3 is 2.19 bits per heavy atom. The lowest BCUT2D eigenvalue weighted by atomic mass is 10.0. The summed E-state index contributed by atoms with van der Waals surface area (Å²) < 4.78 is 26.2. The molecule has 0 saturated carbocycles. The minimum absolute atomic E-state index is 0.208. The lowest BCUT2D eigenvalue weighted by Gasteiger charge is -2.06. The highest BCUT2D eigenvalue weighted by Gasteiger charge is 2.02. The van der Waals surface area contributed by atoms with E-state index < -0.39 is 10.1 Å². The van der Waals surface area contributed by atoms with Crippen molar-refractivity contribution in [2.45, 2.75) is 26.2 Å². The van der Waals surface area contributed by atoms with Crippen LogP contribution in [0.15, 0.2) is 24.3 Å². The fourth-order valence-corrected chi connectivity index (χ4v) is 1.77. The van der Waals surface area contributed by atoms with E-state index in [1.165, 1.54) is 5.56 Å². The zero-order chi connectivity index (χ0) is 12.2. The molecule has 0 fully saturated rings. The molecule has 0 amide bonds. The van der Waals surface area contributed by atoms with Crippen molar-refractivity contribution in [3.05, 3.63) is 35.4 Å². The van der Waals surface area contributed by atoms with Gasteiger partial charge >= 0.3 is 0 Å². The van der Waals surface area contributed by atoms with Gasteiger partial charge in [0, 0.05) is 0 Å². The van der Waals surface area contributed by atoms with E-state index in [2.05, 4.69) is 30.2 Å². The monoisotopic (exact) mass is 242 g/mol. The molecule has 0 N–H and O–H groups in total. The summed E-state index contributed by atoms with van der Waals surface area (Å²) in [4.78, 5) is 0. The van der Waals surface area contributed by atoms with Crippen molar-refractivity contribution in [2.24, 2.45) is 0 Å². The molecule has 0 bridgehead atoms. The van der Waals surface area contributed by atoms with Crippen LogP contribution in [0, 0.1) is 0 Å². The molecular formula is C12H18O3S. The molecule has 16 heavy (non-hydrogen) atoms. The Morgan fingerprint density at radius 1 is 1.19 bits per heavy atom. The van der Waals surface area contributed by atoms with Gasteiger partial charge in [0.1, 0.15) is 0 Å². The summed E-state index contributed by atoms with van der Waals surface area (Å²) >= 11 is 0. The highest BCUT2D eigenvalue weighted by Crippen LogP contribution is 2.14. The van der Waals surface area contributed by atoms with E-state index in [1.54, 1.807) is 0 Å². The molecule has 0 heterocycles. The molecule has 1 aromatic rings. The van der Waals surface area contributed by atoms with Crippen molar-refractivity contribution in [2.75, 3.05) is 12.9 Å². The topological polar surface area (TPSA) is 43.4 Å². The Bertz CT molecular complexity index is 418. The molecule has 0 aliphatic rings. The first-order valence-corrected chi connectivity index (χ1v) is 7.13. The zero-order valence-corrected chi connectivity index (χ0v) is 10.8. The Balaban J connectivity index is 2.50. The molecule has 0 aromatic heterocycles. The van der Waals surface area contributed by atoms with Gasteiger partial charge in [-0.2, -0.15) is 8.42 Å². The normalized spacial score (nSPS) is 12.0. The highest BCUT2D eigenvalue weighted by molar-refractivity contribution is 7.85. The fourth-order valence-electron chi connectivity index (χ4n) is 1.38. The Hall–Kier alpha value is -0.870. The first kappa shape index (κ1) is 13.2. The largest absolute Gasteiger partial charge is 0.270 e. The predicted molar refractivity (Wildman–Crippen MR) is 65.0 cm³/mol. The minimum Gasteiger partial charge on any atom is -0.270 e. The average molecular weight is 242 g/mol. The number of hydrogen-bond donors (Lipinski definition) is 0. The molecular weight excluding hydrogens is 224 g/mol. The van der Waals surface area contributed by atoms with E-state index in [4.69, 9.17) is 0 Å². The van der Waals surface area contributed by atoms with Gasteiger partial charge in [-0.1, -0.05) is 38.1 Å². The average Bonchev–Trinajstić information content (AvgIpc) is 2.16. The molecule has 0 atom stereocenters. The fraction of sp³-hybridized carbons (Fsp3) is 0.500. The van der Waals surface area contributed by atoms with Crippen molar-refractivity contribution in [3.8, 4) is 0 Å². The van der Waals surface area contributed by atoms with Gasteiger partial charge in [-0.3, -0.25) is 4.18 Å². The van der Waals surface area contributed by atoms with Crippen LogP contribution < -0.4 is 0 Å². The lowest BCUT2D eigenvalue weighted by molar-refractivity contribution is 0.326. The van der Waals surface area contributed by atoms with E-state index in [1.807, 2.05) is 12.1 Å². The maximum absolute atomic E-state index is 10.7. The van der Waals surface area contributed by atoms with E-state index in [-0.39, 0.29) is 6.61 Å². The summed E-state index contributed by atoms with van der Waals surface area (Å²) in [6.07, 6.45) is 1.68. The molecule has 0 aliphatic carbocycles. The SMILES string of the molecule is CC(C)c1ccc(CCOS(C)(=O)=O)cc1. The Kier molecular flexibility index (Phi) is 4.50. The van der Waals surface area contributed by atoms with Gasteiger partial charge < -0.3 is 0 Å². The predicted octanol–water partition coefficient (Wildman–Crippen LogP) is 2.33. The molecule has 0 radical (unpaired) electrons. The van der Waals surface area contributed by atoms with Gasteiger partial charge in [0.2, 0.25) is 0 Å². The first-order chi connectivity index (χ1) is 7.38. The van der Waals surface area contributed by atoms with Crippen LogP contribution in [0.3, 0.4) is 0 Å². The molecule has 0 unspecified atom stereocenters. The molecule has 3 nitrogen and oxygen atoms in total. The second kappa shape index (κ2) is 5.46. The van der Waals surface area contributed by atoms with Crippen LogP contribution >= 0.6 is 0 Å². The summed E-state index contributed by atoms with van der Waals surface area (Å²) in [6, 6.07) is 8.17. The summed E-state index contributed by atoms with van der Waals surface area (Å²) in [5, 5.41) is 0. The summed E-state index contributed by atoms with van der Waals surface area (Å²) in [5.74, 6) is 0.515. The van der Waals surface area contributed by atoms with E-state index >= 15 is 0 Å². The van der Waals surface area contributed by atoms with Gasteiger partial charge in [0.05, 0.1) is 12.9 Å². The smallest absolute Gasteiger partial charge is 0.264 e. The number of hydrogen-bond acceptors (Lipinski definition) is 3. The molecule has 4 heteroatoms. The zero-order valence-electron chi connectivity index (χ0n) is 9.93. The lowest BCUT2D eigenvalue weighted by Crippen LogP contribution is -2.06. The van der Waals surface area contributed by atoms with Crippen LogP contribution in [0.1, 0.15) is 30.9 Å². The third kappa shape index (κ3) is 4.77. The van der Waals surface area contributed by atoms with Gasteiger partial charge in [0.25, 0.3) is 10.1 Å². The van der Waals surface area contributed by atoms with Gasteiger partial charge in [-0.15, -0.1) is 0 Å². The number of benzene rings is 1. The van der Waals surface area contributed by atoms with Crippen molar-refractivity contribution < 1.29 is 12.6 Å². The van der Waals surface area contributed by atoms with Crippen LogP contribution in [0.4, 0.5) is 0 Å². The van der Waals surface area contributed by atoms with Crippen molar-refractivity contribution in [3.63, 3.8) is 0 Å². The standard InChI is InChI=1S/C12H18O3S/c1-10(2)12-6-4-11(5-7-12)8-9-15-16(3,13)14/h4-7,10H,8-9H2,1-3H3. The van der Waals surface area contributed by atoms with Gasteiger partial charge in [-0.05, 0) is 23.5 Å². The second-order valence-electron chi connectivity index (χ2n) is 4.17.